The summed E-state index contributed by atoms with van der Waals surface area (Å²) in [4.78, 5) is 29.2. The maximum atomic E-state index is 12.5. The van der Waals surface area contributed by atoms with Crippen LogP contribution < -0.4 is 19.9 Å². The Labute approximate surface area is 155 Å². The van der Waals surface area contributed by atoms with Crippen LogP contribution in [-0.2, 0) is 18.4 Å². The summed E-state index contributed by atoms with van der Waals surface area (Å²) >= 11 is 0. The minimum atomic E-state index is -0.376. The molecule has 1 amide bonds. The molecule has 1 aliphatic rings. The van der Waals surface area contributed by atoms with Crippen LogP contribution in [0.2, 0.25) is 0 Å². The van der Waals surface area contributed by atoms with Gasteiger partial charge in [0.2, 0.25) is 0 Å². The third kappa shape index (κ3) is 3.05. The van der Waals surface area contributed by atoms with E-state index in [4.69, 9.17) is 9.47 Å². The molecule has 0 atom stereocenters. The van der Waals surface area contributed by atoms with E-state index in [9.17, 15) is 9.59 Å². The quantitative estimate of drug-likeness (QED) is 0.759. The van der Waals surface area contributed by atoms with E-state index < -0.39 is 0 Å². The van der Waals surface area contributed by atoms with Gasteiger partial charge in [0.15, 0.2) is 18.0 Å². The van der Waals surface area contributed by atoms with E-state index in [1.165, 1.54) is 4.90 Å². The van der Waals surface area contributed by atoms with Crippen molar-refractivity contribution < 1.29 is 14.3 Å². The van der Waals surface area contributed by atoms with Crippen molar-refractivity contribution in [2.75, 3.05) is 18.6 Å². The zero-order chi connectivity index (χ0) is 19.0. The van der Waals surface area contributed by atoms with E-state index in [0.717, 1.165) is 16.9 Å². The molecule has 0 saturated carbocycles. The molecule has 0 spiro atoms. The molecule has 0 aliphatic carbocycles. The normalized spacial score (nSPS) is 13.3. The zero-order valence-corrected chi connectivity index (χ0v) is 14.9. The summed E-state index contributed by atoms with van der Waals surface area (Å²) in [5.74, 6) is 0.844. The lowest BCUT2D eigenvalue weighted by Crippen LogP contribution is -2.41. The number of amides is 1. The number of carbonyl (C=O) groups is 1. The zero-order valence-electron chi connectivity index (χ0n) is 14.9. The molecule has 138 valence electrons. The van der Waals surface area contributed by atoms with Gasteiger partial charge in [0, 0.05) is 30.6 Å². The highest BCUT2D eigenvalue weighted by molar-refractivity contribution is 5.99. The highest BCUT2D eigenvalue weighted by Gasteiger charge is 2.31. The number of aryl methyl sites for hydroxylation is 1. The second-order valence-corrected chi connectivity index (χ2v) is 6.23. The van der Waals surface area contributed by atoms with Crippen LogP contribution in [0.15, 0.2) is 47.7 Å². The van der Waals surface area contributed by atoms with E-state index >= 15 is 0 Å². The maximum absolute atomic E-state index is 12.5. The third-order valence-electron chi connectivity index (χ3n) is 4.45. The molecule has 0 bridgehead atoms. The summed E-state index contributed by atoms with van der Waals surface area (Å²) in [5.41, 5.74) is 2.19. The average molecular weight is 366 g/mol. The maximum Gasteiger partial charge on any atom is 0.275 e. The number of rotatable bonds is 4. The summed E-state index contributed by atoms with van der Waals surface area (Å²) in [6, 6.07) is 7.36. The first kappa shape index (κ1) is 16.9. The SMILES string of the molecule is COc1ccc(CN2C(=O)COc3c(-c4cnn(C)c4)c[nH]c(=O)c32)cc1. The van der Waals surface area contributed by atoms with Gasteiger partial charge >= 0.3 is 0 Å². The van der Waals surface area contributed by atoms with Crippen molar-refractivity contribution in [2.45, 2.75) is 6.54 Å². The number of fused-ring (bicyclic) bond motifs is 1. The molecular weight excluding hydrogens is 348 g/mol. The Morgan fingerprint density at radius 2 is 2.04 bits per heavy atom. The number of hydrogen-bond acceptors (Lipinski definition) is 5. The summed E-state index contributed by atoms with van der Waals surface area (Å²) in [6.07, 6.45) is 5.09. The van der Waals surface area contributed by atoms with Crippen LogP contribution in [0.3, 0.4) is 0 Å². The van der Waals surface area contributed by atoms with Crippen LogP contribution in [0.4, 0.5) is 5.69 Å². The molecule has 8 heteroatoms. The largest absolute Gasteiger partial charge is 0.497 e. The predicted molar refractivity (Wildman–Crippen MR) is 98.9 cm³/mol. The Morgan fingerprint density at radius 1 is 1.26 bits per heavy atom. The number of anilines is 1. The van der Waals surface area contributed by atoms with E-state index in [0.29, 0.717) is 11.3 Å². The average Bonchev–Trinajstić information content (AvgIpc) is 3.11. The molecule has 0 fully saturated rings. The Bertz CT molecular complexity index is 1050. The highest BCUT2D eigenvalue weighted by Crippen LogP contribution is 2.38. The number of nitrogens with zero attached hydrogens (tertiary/aromatic N) is 3. The molecule has 4 rings (SSSR count). The van der Waals surface area contributed by atoms with Crippen LogP contribution in [0.5, 0.6) is 11.5 Å². The Morgan fingerprint density at radius 3 is 2.70 bits per heavy atom. The minimum Gasteiger partial charge on any atom is -0.497 e. The van der Waals surface area contributed by atoms with Crippen LogP contribution >= 0.6 is 0 Å². The first-order valence-electron chi connectivity index (χ1n) is 8.37. The number of aromatic nitrogens is 3. The molecule has 0 radical (unpaired) electrons. The highest BCUT2D eigenvalue weighted by atomic mass is 16.5. The molecule has 8 nitrogen and oxygen atoms in total. The van der Waals surface area contributed by atoms with Crippen LogP contribution in [0, 0.1) is 0 Å². The predicted octanol–water partition coefficient (Wildman–Crippen LogP) is 1.71. The second kappa shape index (κ2) is 6.64. The summed E-state index contributed by atoms with van der Waals surface area (Å²) in [6.45, 7) is 0.138. The fraction of sp³-hybridized carbons (Fsp3) is 0.211. The van der Waals surface area contributed by atoms with E-state index in [2.05, 4.69) is 10.1 Å². The fourth-order valence-electron chi connectivity index (χ4n) is 3.09. The standard InChI is InChI=1S/C19H18N4O4/c1-22-10-13(7-21-22)15-8-20-19(25)17-18(15)27-11-16(24)23(17)9-12-3-5-14(26-2)6-4-12/h3-8,10H,9,11H2,1-2H3,(H,20,25). The minimum absolute atomic E-state index is 0.125. The van der Waals surface area contributed by atoms with Gasteiger partial charge in [-0.1, -0.05) is 12.1 Å². The van der Waals surface area contributed by atoms with Crippen molar-refractivity contribution in [3.8, 4) is 22.6 Å². The second-order valence-electron chi connectivity index (χ2n) is 6.23. The molecule has 0 unspecified atom stereocenters. The van der Waals surface area contributed by atoms with E-state index in [1.54, 1.807) is 24.2 Å². The lowest BCUT2D eigenvalue weighted by molar-refractivity contribution is -0.121. The first-order valence-corrected chi connectivity index (χ1v) is 8.37. The number of ether oxygens (including phenoxy) is 2. The summed E-state index contributed by atoms with van der Waals surface area (Å²) in [5, 5.41) is 4.16. The number of methoxy groups -OCH3 is 1. The van der Waals surface area contributed by atoms with Crippen molar-refractivity contribution in [1.82, 2.24) is 14.8 Å². The Balaban J connectivity index is 1.77. The van der Waals surface area contributed by atoms with E-state index in [-0.39, 0.29) is 30.3 Å². The van der Waals surface area contributed by atoms with Crippen LogP contribution in [-0.4, -0.2) is 34.4 Å². The number of benzene rings is 1. The molecule has 0 saturated heterocycles. The number of hydrogen-bond donors (Lipinski definition) is 1. The summed E-state index contributed by atoms with van der Waals surface area (Å²) in [7, 11) is 3.40. The number of H-pyrrole nitrogens is 1. The van der Waals surface area contributed by atoms with Crippen LogP contribution in [0.1, 0.15) is 5.56 Å². The molecule has 1 aliphatic heterocycles. The van der Waals surface area contributed by atoms with Gasteiger partial charge in [0.1, 0.15) is 5.75 Å². The van der Waals surface area contributed by atoms with Gasteiger partial charge in [-0.15, -0.1) is 0 Å². The number of nitrogens with one attached hydrogen (secondary N) is 1. The Kier molecular flexibility index (Phi) is 4.15. The molecule has 3 heterocycles. The fourth-order valence-corrected chi connectivity index (χ4v) is 3.09. The monoisotopic (exact) mass is 366 g/mol. The van der Waals surface area contributed by atoms with Crippen molar-refractivity contribution in [1.29, 1.82) is 0 Å². The lowest BCUT2D eigenvalue weighted by atomic mass is 10.1. The smallest absolute Gasteiger partial charge is 0.275 e. The topological polar surface area (TPSA) is 89.4 Å². The molecule has 1 aromatic carbocycles. The lowest BCUT2D eigenvalue weighted by Gasteiger charge is -2.29. The number of aromatic amines is 1. The van der Waals surface area contributed by atoms with Crippen LogP contribution in [0.25, 0.3) is 11.1 Å². The molecule has 27 heavy (non-hydrogen) atoms. The van der Waals surface area contributed by atoms with Gasteiger partial charge in [0.05, 0.1) is 19.9 Å². The van der Waals surface area contributed by atoms with Gasteiger partial charge < -0.3 is 14.5 Å². The van der Waals surface area contributed by atoms with Crippen molar-refractivity contribution >= 4 is 11.6 Å². The van der Waals surface area contributed by atoms with Gasteiger partial charge in [-0.05, 0) is 17.7 Å². The third-order valence-corrected chi connectivity index (χ3v) is 4.45. The van der Waals surface area contributed by atoms with Gasteiger partial charge in [0.25, 0.3) is 11.5 Å². The van der Waals surface area contributed by atoms with Crippen molar-refractivity contribution in [3.63, 3.8) is 0 Å². The molecule has 3 aromatic rings. The van der Waals surface area contributed by atoms with Gasteiger partial charge in [-0.2, -0.15) is 5.10 Å². The first-order chi connectivity index (χ1) is 13.1. The van der Waals surface area contributed by atoms with Crippen molar-refractivity contribution in [2.24, 2.45) is 7.05 Å². The number of carbonyl (C=O) groups excluding carboxylic acids is 1. The molecule has 2 aromatic heterocycles. The summed E-state index contributed by atoms with van der Waals surface area (Å²) < 4.78 is 12.5. The molecule has 1 N–H and O–H groups in total. The Hall–Kier alpha value is -3.55. The van der Waals surface area contributed by atoms with E-state index in [1.807, 2.05) is 37.5 Å². The van der Waals surface area contributed by atoms with Gasteiger partial charge in [-0.3, -0.25) is 19.2 Å². The van der Waals surface area contributed by atoms with Gasteiger partial charge in [-0.25, -0.2) is 0 Å². The van der Waals surface area contributed by atoms with Crippen molar-refractivity contribution in [3.05, 3.63) is 58.8 Å². The molecular formula is C19H18N4O4. The number of pyridine rings is 1.